The van der Waals surface area contributed by atoms with Gasteiger partial charge < -0.3 is 9.47 Å². The SMILES string of the molecule is COc1ccc([C@@H]2OCC=CC2(C)C)cc1. The fourth-order valence-electron chi connectivity index (χ4n) is 2.11. The van der Waals surface area contributed by atoms with E-state index < -0.39 is 0 Å². The molecule has 1 aliphatic rings. The Morgan fingerprint density at radius 1 is 1.25 bits per heavy atom. The molecule has 86 valence electrons. The zero-order valence-corrected chi connectivity index (χ0v) is 10.1. The van der Waals surface area contributed by atoms with Crippen LogP contribution in [0.4, 0.5) is 0 Å². The summed E-state index contributed by atoms with van der Waals surface area (Å²) in [7, 11) is 1.68. The first kappa shape index (κ1) is 11.2. The maximum Gasteiger partial charge on any atom is 0.118 e. The second kappa shape index (κ2) is 4.30. The van der Waals surface area contributed by atoms with E-state index in [0.29, 0.717) is 6.61 Å². The second-order valence-electron chi connectivity index (χ2n) is 4.71. The van der Waals surface area contributed by atoms with E-state index in [9.17, 15) is 0 Å². The van der Waals surface area contributed by atoms with E-state index in [1.807, 2.05) is 12.1 Å². The largest absolute Gasteiger partial charge is 0.497 e. The predicted molar refractivity (Wildman–Crippen MR) is 64.6 cm³/mol. The Bertz CT molecular complexity index is 376. The molecule has 0 N–H and O–H groups in total. The number of hydrogen-bond acceptors (Lipinski definition) is 2. The van der Waals surface area contributed by atoms with Crippen molar-refractivity contribution in [2.75, 3.05) is 13.7 Å². The fourth-order valence-corrected chi connectivity index (χ4v) is 2.11. The average molecular weight is 218 g/mol. The lowest BCUT2D eigenvalue weighted by Crippen LogP contribution is -2.26. The molecule has 1 atom stereocenters. The van der Waals surface area contributed by atoms with Gasteiger partial charge >= 0.3 is 0 Å². The molecule has 0 aromatic heterocycles. The molecule has 2 rings (SSSR count). The summed E-state index contributed by atoms with van der Waals surface area (Å²) in [6.45, 7) is 5.08. The first-order valence-corrected chi connectivity index (χ1v) is 5.57. The van der Waals surface area contributed by atoms with Crippen molar-refractivity contribution >= 4 is 0 Å². The molecule has 1 aliphatic heterocycles. The summed E-state index contributed by atoms with van der Waals surface area (Å²) >= 11 is 0. The van der Waals surface area contributed by atoms with E-state index in [-0.39, 0.29) is 11.5 Å². The molecule has 1 aromatic rings. The van der Waals surface area contributed by atoms with Crippen molar-refractivity contribution in [2.45, 2.75) is 20.0 Å². The maximum absolute atomic E-state index is 5.83. The zero-order chi connectivity index (χ0) is 11.6. The Hall–Kier alpha value is -1.28. The monoisotopic (exact) mass is 218 g/mol. The first-order chi connectivity index (χ1) is 7.63. The van der Waals surface area contributed by atoms with Gasteiger partial charge in [-0.05, 0) is 17.7 Å². The summed E-state index contributed by atoms with van der Waals surface area (Å²) in [4.78, 5) is 0. The van der Waals surface area contributed by atoms with Crippen molar-refractivity contribution < 1.29 is 9.47 Å². The third-order valence-corrected chi connectivity index (χ3v) is 3.00. The minimum absolute atomic E-state index is 0.0485. The topological polar surface area (TPSA) is 18.5 Å². The molecule has 0 spiro atoms. The molecule has 0 aliphatic carbocycles. The molecule has 16 heavy (non-hydrogen) atoms. The molecule has 1 heterocycles. The van der Waals surface area contributed by atoms with Gasteiger partial charge in [-0.3, -0.25) is 0 Å². The molecule has 2 heteroatoms. The minimum Gasteiger partial charge on any atom is -0.497 e. The van der Waals surface area contributed by atoms with Crippen LogP contribution in [0.1, 0.15) is 25.5 Å². The summed E-state index contributed by atoms with van der Waals surface area (Å²) in [5.41, 5.74) is 1.25. The van der Waals surface area contributed by atoms with Gasteiger partial charge in [-0.1, -0.05) is 38.1 Å². The number of rotatable bonds is 2. The highest BCUT2D eigenvalue weighted by Crippen LogP contribution is 2.40. The highest BCUT2D eigenvalue weighted by Gasteiger charge is 2.31. The van der Waals surface area contributed by atoms with Crippen molar-refractivity contribution in [1.82, 2.24) is 0 Å². The van der Waals surface area contributed by atoms with E-state index in [2.05, 4.69) is 38.1 Å². The summed E-state index contributed by atoms with van der Waals surface area (Å²) in [6.07, 6.45) is 4.44. The number of benzene rings is 1. The van der Waals surface area contributed by atoms with Crippen molar-refractivity contribution in [3.05, 3.63) is 42.0 Å². The van der Waals surface area contributed by atoms with Crippen molar-refractivity contribution in [3.8, 4) is 5.75 Å². The van der Waals surface area contributed by atoms with Crippen LogP contribution in [-0.2, 0) is 4.74 Å². The van der Waals surface area contributed by atoms with Crippen LogP contribution in [0.3, 0.4) is 0 Å². The van der Waals surface area contributed by atoms with Gasteiger partial charge in [-0.2, -0.15) is 0 Å². The smallest absolute Gasteiger partial charge is 0.118 e. The van der Waals surface area contributed by atoms with Gasteiger partial charge in [-0.25, -0.2) is 0 Å². The Balaban J connectivity index is 2.26. The molecule has 0 saturated carbocycles. The third-order valence-electron chi connectivity index (χ3n) is 3.00. The zero-order valence-electron chi connectivity index (χ0n) is 10.1. The maximum atomic E-state index is 5.83. The van der Waals surface area contributed by atoms with Crippen LogP contribution >= 0.6 is 0 Å². The van der Waals surface area contributed by atoms with Crippen LogP contribution in [0.5, 0.6) is 5.75 Å². The van der Waals surface area contributed by atoms with E-state index in [0.717, 1.165) is 5.75 Å². The Morgan fingerprint density at radius 2 is 1.94 bits per heavy atom. The molecular formula is C14H18O2. The van der Waals surface area contributed by atoms with E-state index >= 15 is 0 Å². The Kier molecular flexibility index (Phi) is 3.01. The van der Waals surface area contributed by atoms with Crippen LogP contribution in [0.2, 0.25) is 0 Å². The summed E-state index contributed by atoms with van der Waals surface area (Å²) in [6, 6.07) is 8.11. The fraction of sp³-hybridized carbons (Fsp3) is 0.429. The molecule has 0 saturated heterocycles. The van der Waals surface area contributed by atoms with E-state index in [1.54, 1.807) is 7.11 Å². The highest BCUT2D eigenvalue weighted by atomic mass is 16.5. The average Bonchev–Trinajstić information content (AvgIpc) is 2.29. The van der Waals surface area contributed by atoms with Gasteiger partial charge in [0.2, 0.25) is 0 Å². The molecule has 0 radical (unpaired) electrons. The van der Waals surface area contributed by atoms with Crippen LogP contribution in [0.25, 0.3) is 0 Å². The van der Waals surface area contributed by atoms with Crippen molar-refractivity contribution in [1.29, 1.82) is 0 Å². The number of ether oxygens (including phenoxy) is 2. The van der Waals surface area contributed by atoms with Gasteiger partial charge in [0, 0.05) is 5.41 Å². The summed E-state index contributed by atoms with van der Waals surface area (Å²) in [5, 5.41) is 0. The quantitative estimate of drug-likeness (QED) is 0.709. The second-order valence-corrected chi connectivity index (χ2v) is 4.71. The van der Waals surface area contributed by atoms with Crippen molar-refractivity contribution in [3.63, 3.8) is 0 Å². The van der Waals surface area contributed by atoms with Gasteiger partial charge in [-0.15, -0.1) is 0 Å². The van der Waals surface area contributed by atoms with Gasteiger partial charge in [0.25, 0.3) is 0 Å². The highest BCUT2D eigenvalue weighted by molar-refractivity contribution is 5.30. The lowest BCUT2D eigenvalue weighted by molar-refractivity contribution is -0.00368. The lowest BCUT2D eigenvalue weighted by Gasteiger charge is -2.34. The minimum atomic E-state index is 0.0485. The van der Waals surface area contributed by atoms with Gasteiger partial charge in [0.15, 0.2) is 0 Å². The molecular weight excluding hydrogens is 200 g/mol. The molecule has 0 unspecified atom stereocenters. The Morgan fingerprint density at radius 3 is 2.50 bits per heavy atom. The third kappa shape index (κ3) is 2.12. The van der Waals surface area contributed by atoms with Crippen LogP contribution in [0, 0.1) is 5.41 Å². The lowest BCUT2D eigenvalue weighted by atomic mass is 9.81. The van der Waals surface area contributed by atoms with Crippen LogP contribution in [0.15, 0.2) is 36.4 Å². The van der Waals surface area contributed by atoms with Crippen molar-refractivity contribution in [2.24, 2.45) is 5.41 Å². The molecule has 0 fully saturated rings. The standard InChI is InChI=1S/C14H18O2/c1-14(2)9-4-10-16-13(14)11-5-7-12(15-3)8-6-11/h4-9,13H,10H2,1-3H3/t13-/m0/s1. The van der Waals surface area contributed by atoms with E-state index in [1.165, 1.54) is 5.56 Å². The Labute approximate surface area is 96.9 Å². The van der Waals surface area contributed by atoms with E-state index in [4.69, 9.17) is 9.47 Å². The molecule has 1 aromatic carbocycles. The molecule has 2 nitrogen and oxygen atoms in total. The molecule has 0 amide bonds. The summed E-state index contributed by atoms with van der Waals surface area (Å²) in [5.74, 6) is 0.882. The predicted octanol–water partition coefficient (Wildman–Crippen LogP) is 3.35. The molecule has 0 bridgehead atoms. The first-order valence-electron chi connectivity index (χ1n) is 5.57. The van der Waals surface area contributed by atoms with Crippen LogP contribution in [-0.4, -0.2) is 13.7 Å². The number of methoxy groups -OCH3 is 1. The van der Waals surface area contributed by atoms with Gasteiger partial charge in [0.1, 0.15) is 5.75 Å². The number of hydrogen-bond donors (Lipinski definition) is 0. The summed E-state index contributed by atoms with van der Waals surface area (Å²) < 4.78 is 11.0. The van der Waals surface area contributed by atoms with Gasteiger partial charge in [0.05, 0.1) is 19.8 Å². The van der Waals surface area contributed by atoms with Crippen LogP contribution < -0.4 is 4.74 Å². The normalized spacial score (nSPS) is 23.1.